The van der Waals surface area contributed by atoms with Crippen LogP contribution in [0.25, 0.3) is 0 Å². The second-order valence-corrected chi connectivity index (χ2v) is 6.53. The molecule has 0 saturated carbocycles. The van der Waals surface area contributed by atoms with Crippen LogP contribution in [0.5, 0.6) is 0 Å². The summed E-state index contributed by atoms with van der Waals surface area (Å²) >= 11 is 0. The molecule has 7 nitrogen and oxygen atoms in total. The highest BCUT2D eigenvalue weighted by molar-refractivity contribution is 7.32. The third-order valence-corrected chi connectivity index (χ3v) is 4.09. The van der Waals surface area contributed by atoms with Gasteiger partial charge in [-0.15, -0.1) is 5.10 Å². The molecule has 0 aromatic carbocycles. The number of rotatable bonds is 12. The highest BCUT2D eigenvalue weighted by atomic mass is 31.1. The van der Waals surface area contributed by atoms with E-state index in [1.165, 1.54) is 0 Å². The van der Waals surface area contributed by atoms with Crippen LogP contribution in [0.15, 0.2) is 6.20 Å². The van der Waals surface area contributed by atoms with Gasteiger partial charge in [0.15, 0.2) is 0 Å². The minimum absolute atomic E-state index is 0.189. The van der Waals surface area contributed by atoms with Crippen molar-refractivity contribution in [1.82, 2.24) is 15.0 Å². The molecule has 0 aliphatic heterocycles. The van der Waals surface area contributed by atoms with E-state index in [0.717, 1.165) is 50.9 Å². The molecule has 0 spiro atoms. The van der Waals surface area contributed by atoms with E-state index in [-0.39, 0.29) is 6.10 Å². The predicted molar refractivity (Wildman–Crippen MR) is 85.0 cm³/mol. The van der Waals surface area contributed by atoms with Crippen LogP contribution in [0.3, 0.4) is 0 Å². The fourth-order valence-corrected chi connectivity index (χ4v) is 2.72. The van der Waals surface area contributed by atoms with Crippen molar-refractivity contribution in [2.45, 2.75) is 58.6 Å². The predicted octanol–water partition coefficient (Wildman–Crippen LogP) is 2.45. The van der Waals surface area contributed by atoms with Gasteiger partial charge in [0.2, 0.25) is 0 Å². The van der Waals surface area contributed by atoms with Gasteiger partial charge in [-0.3, -0.25) is 9.25 Å². The van der Waals surface area contributed by atoms with Crippen LogP contribution in [0.2, 0.25) is 0 Å². The van der Waals surface area contributed by atoms with Gasteiger partial charge in [0, 0.05) is 26.5 Å². The van der Waals surface area contributed by atoms with Crippen molar-refractivity contribution in [2.24, 2.45) is 5.92 Å². The summed E-state index contributed by atoms with van der Waals surface area (Å²) in [6, 6.07) is 0. The molecule has 8 heteroatoms. The fraction of sp³-hybridized carbons (Fsp3) is 0.857. The molecule has 22 heavy (non-hydrogen) atoms. The number of methoxy groups -OCH3 is 1. The SMILES string of the molecule is COCCCCc1cn(CC(C)CCC(C)O[PH](=O)O)nn1. The molecule has 1 N–H and O–H groups in total. The van der Waals surface area contributed by atoms with Gasteiger partial charge in [0.1, 0.15) is 0 Å². The number of unbranched alkanes of at least 4 members (excludes halogenated alkanes) is 1. The minimum atomic E-state index is -2.84. The van der Waals surface area contributed by atoms with Crippen molar-refractivity contribution >= 4 is 8.25 Å². The van der Waals surface area contributed by atoms with E-state index in [9.17, 15) is 4.57 Å². The summed E-state index contributed by atoms with van der Waals surface area (Å²) in [5.41, 5.74) is 1.01. The van der Waals surface area contributed by atoms with Crippen molar-refractivity contribution in [1.29, 1.82) is 0 Å². The maximum Gasteiger partial charge on any atom is 0.316 e. The van der Waals surface area contributed by atoms with Crippen molar-refractivity contribution in [3.8, 4) is 0 Å². The van der Waals surface area contributed by atoms with Gasteiger partial charge >= 0.3 is 8.25 Å². The third-order valence-electron chi connectivity index (χ3n) is 3.48. The molecule has 1 aromatic rings. The second kappa shape index (κ2) is 10.9. The molecular weight excluding hydrogens is 305 g/mol. The van der Waals surface area contributed by atoms with E-state index in [1.807, 2.05) is 17.8 Å². The Kier molecular flexibility index (Phi) is 9.55. The van der Waals surface area contributed by atoms with Gasteiger partial charge in [-0.2, -0.15) is 0 Å². The quantitative estimate of drug-likeness (QED) is 0.467. The maximum absolute atomic E-state index is 10.6. The molecule has 0 saturated heterocycles. The zero-order valence-electron chi connectivity index (χ0n) is 13.7. The lowest BCUT2D eigenvalue weighted by molar-refractivity contribution is 0.185. The van der Waals surface area contributed by atoms with Crippen LogP contribution in [0, 0.1) is 5.92 Å². The van der Waals surface area contributed by atoms with Gasteiger partial charge < -0.3 is 14.2 Å². The monoisotopic (exact) mass is 333 g/mol. The van der Waals surface area contributed by atoms with Crippen LogP contribution in [0.1, 0.15) is 45.2 Å². The summed E-state index contributed by atoms with van der Waals surface area (Å²) in [7, 11) is -1.12. The van der Waals surface area contributed by atoms with Gasteiger partial charge in [-0.05, 0) is 44.9 Å². The normalized spacial score (nSPS) is 15.6. The Balaban J connectivity index is 2.25. The minimum Gasteiger partial charge on any atom is -0.385 e. The topological polar surface area (TPSA) is 86.5 Å². The van der Waals surface area contributed by atoms with Gasteiger partial charge in [0.05, 0.1) is 11.8 Å². The molecular formula is C14H28N3O4P. The summed E-state index contributed by atoms with van der Waals surface area (Å²) in [4.78, 5) is 8.72. The van der Waals surface area contributed by atoms with E-state index < -0.39 is 8.25 Å². The highest BCUT2D eigenvalue weighted by Gasteiger charge is 2.10. The van der Waals surface area contributed by atoms with Crippen molar-refractivity contribution in [3.05, 3.63) is 11.9 Å². The van der Waals surface area contributed by atoms with Crippen LogP contribution in [0.4, 0.5) is 0 Å². The number of aromatic nitrogens is 3. The van der Waals surface area contributed by atoms with Crippen LogP contribution < -0.4 is 0 Å². The number of hydrogen-bond donors (Lipinski definition) is 1. The van der Waals surface area contributed by atoms with E-state index >= 15 is 0 Å². The first-order valence-corrected chi connectivity index (χ1v) is 9.05. The molecule has 0 amide bonds. The van der Waals surface area contributed by atoms with Crippen LogP contribution in [-0.2, 0) is 26.8 Å². The molecule has 3 atom stereocenters. The first kappa shape index (κ1) is 19.3. The molecule has 0 aliphatic carbocycles. The molecule has 0 radical (unpaired) electrons. The lowest BCUT2D eigenvalue weighted by atomic mass is 10.0. The van der Waals surface area contributed by atoms with E-state index in [2.05, 4.69) is 17.2 Å². The van der Waals surface area contributed by atoms with Crippen molar-refractivity contribution < 1.29 is 18.7 Å². The smallest absolute Gasteiger partial charge is 0.316 e. The summed E-state index contributed by atoms with van der Waals surface area (Å²) in [5, 5.41) is 8.33. The molecule has 1 heterocycles. The summed E-state index contributed by atoms with van der Waals surface area (Å²) in [5.74, 6) is 0.412. The first-order valence-electron chi connectivity index (χ1n) is 7.78. The van der Waals surface area contributed by atoms with Crippen molar-refractivity contribution in [3.63, 3.8) is 0 Å². The average Bonchev–Trinajstić information content (AvgIpc) is 2.88. The van der Waals surface area contributed by atoms with Crippen LogP contribution in [-0.4, -0.2) is 39.7 Å². The van der Waals surface area contributed by atoms with Gasteiger partial charge in [-0.1, -0.05) is 12.1 Å². The third kappa shape index (κ3) is 8.63. The van der Waals surface area contributed by atoms with Gasteiger partial charge in [0.25, 0.3) is 0 Å². The second-order valence-electron chi connectivity index (χ2n) is 5.76. The maximum atomic E-state index is 10.6. The Labute approximate surface area is 133 Å². The first-order chi connectivity index (χ1) is 10.5. The Hall–Kier alpha value is -0.750. The molecule has 1 rings (SSSR count). The Morgan fingerprint density at radius 2 is 2.14 bits per heavy atom. The van der Waals surface area contributed by atoms with Crippen molar-refractivity contribution in [2.75, 3.05) is 13.7 Å². The highest BCUT2D eigenvalue weighted by Crippen LogP contribution is 2.22. The average molecular weight is 333 g/mol. The van der Waals surface area contributed by atoms with Gasteiger partial charge in [-0.25, -0.2) is 0 Å². The fourth-order valence-electron chi connectivity index (χ4n) is 2.26. The Morgan fingerprint density at radius 3 is 2.82 bits per heavy atom. The zero-order chi connectivity index (χ0) is 16.4. The zero-order valence-corrected chi connectivity index (χ0v) is 14.7. The van der Waals surface area contributed by atoms with E-state index in [1.54, 1.807) is 7.11 Å². The molecule has 3 unspecified atom stereocenters. The summed E-state index contributed by atoms with van der Waals surface area (Å²) in [6.45, 7) is 5.53. The Morgan fingerprint density at radius 1 is 1.36 bits per heavy atom. The summed E-state index contributed by atoms with van der Waals surface area (Å²) < 4.78 is 22.4. The molecule has 0 fully saturated rings. The summed E-state index contributed by atoms with van der Waals surface area (Å²) in [6.07, 6.45) is 6.49. The van der Waals surface area contributed by atoms with E-state index in [4.69, 9.17) is 14.2 Å². The molecule has 1 aromatic heterocycles. The largest absolute Gasteiger partial charge is 0.385 e. The standard InChI is InChI=1S/C14H28N3O4P/c1-12(7-8-13(2)21-22(18)19)10-17-11-14(15-16-17)6-4-5-9-20-3/h11-13,22H,4-10H2,1-3H3,(H,18,19). The lowest BCUT2D eigenvalue weighted by Crippen LogP contribution is -2.12. The number of hydrogen-bond acceptors (Lipinski definition) is 5. The number of nitrogens with zero attached hydrogens (tertiary/aromatic N) is 3. The Bertz CT molecular complexity index is 441. The molecule has 0 aliphatic rings. The molecule has 0 bridgehead atoms. The number of aryl methyl sites for hydroxylation is 1. The van der Waals surface area contributed by atoms with Crippen LogP contribution >= 0.6 is 8.25 Å². The molecule has 128 valence electrons. The number of ether oxygens (including phenoxy) is 1. The van der Waals surface area contributed by atoms with E-state index in [0.29, 0.717) is 5.92 Å². The lowest BCUT2D eigenvalue weighted by Gasteiger charge is -2.14.